The van der Waals surface area contributed by atoms with Crippen LogP contribution in [0.1, 0.15) is 18.7 Å². The molecule has 90 valence electrons. The lowest BCUT2D eigenvalue weighted by Gasteiger charge is -2.08. The maximum Gasteiger partial charge on any atom is 0.199 e. The van der Waals surface area contributed by atoms with E-state index in [4.69, 9.17) is 10.8 Å². The minimum atomic E-state index is -0.413. The van der Waals surface area contributed by atoms with Crippen molar-refractivity contribution in [2.45, 2.75) is 13.0 Å². The lowest BCUT2D eigenvalue weighted by Crippen LogP contribution is -2.12. The number of imidazole rings is 1. The Morgan fingerprint density at radius 1 is 1.65 bits per heavy atom. The van der Waals surface area contributed by atoms with E-state index < -0.39 is 6.04 Å². The maximum absolute atomic E-state index is 8.97. The number of hydrogen-bond acceptors (Lipinski definition) is 5. The molecule has 0 amide bonds. The number of halogens is 1. The summed E-state index contributed by atoms with van der Waals surface area (Å²) in [4.78, 5) is 15.4. The number of aromatic nitrogens is 4. The summed E-state index contributed by atoms with van der Waals surface area (Å²) in [5.41, 5.74) is 8.73. The quantitative estimate of drug-likeness (QED) is 0.581. The zero-order chi connectivity index (χ0) is 12.4. The molecule has 2 aromatic rings. The highest BCUT2D eigenvalue weighted by Crippen LogP contribution is 2.20. The molecule has 0 aromatic carbocycles. The van der Waals surface area contributed by atoms with Crippen LogP contribution in [0.2, 0.25) is 0 Å². The minimum absolute atomic E-state index is 0.0218. The van der Waals surface area contributed by atoms with Gasteiger partial charge < -0.3 is 15.8 Å². The molecular weight excluding hydrogens is 286 g/mol. The third-order valence-electron chi connectivity index (χ3n) is 2.32. The Bertz CT molecular complexity index is 565. The van der Waals surface area contributed by atoms with Gasteiger partial charge in [0.2, 0.25) is 0 Å². The van der Waals surface area contributed by atoms with E-state index in [0.29, 0.717) is 21.6 Å². The molecule has 2 rings (SSSR count). The molecule has 0 aliphatic heterocycles. The fraction of sp³-hybridized carbons (Fsp3) is 0.300. The normalized spacial score (nSPS) is 14.2. The molecule has 2 heterocycles. The van der Waals surface area contributed by atoms with Crippen LogP contribution in [-0.4, -0.2) is 31.6 Å². The third-order valence-corrected chi connectivity index (χ3v) is 2.67. The first-order valence-corrected chi connectivity index (χ1v) is 5.81. The van der Waals surface area contributed by atoms with Crippen LogP contribution in [0.15, 0.2) is 22.7 Å². The smallest absolute Gasteiger partial charge is 0.199 e. The van der Waals surface area contributed by atoms with Gasteiger partial charge in [-0.05, 0) is 22.9 Å². The highest BCUT2D eigenvalue weighted by Gasteiger charge is 2.13. The second kappa shape index (κ2) is 4.91. The van der Waals surface area contributed by atoms with Crippen LogP contribution in [0.4, 0.5) is 0 Å². The van der Waals surface area contributed by atoms with Gasteiger partial charge in [0, 0.05) is 0 Å². The van der Waals surface area contributed by atoms with Crippen molar-refractivity contribution < 1.29 is 5.11 Å². The Morgan fingerprint density at radius 3 is 3.12 bits per heavy atom. The lowest BCUT2D eigenvalue weighted by atomic mass is 10.1. The minimum Gasteiger partial charge on any atom is -0.392 e. The van der Waals surface area contributed by atoms with Gasteiger partial charge in [0.15, 0.2) is 10.4 Å². The standard InChI is InChI=1S/C10H12BrN5O/c1-5(3-17)2-6(12)7-8-9(14-4-13-8)16-10(11)15-7/h2,4,6,17H,3,12H2,1H3,(H,13,14,15,16). The molecule has 0 fully saturated rings. The summed E-state index contributed by atoms with van der Waals surface area (Å²) in [7, 11) is 0. The maximum atomic E-state index is 8.97. The summed E-state index contributed by atoms with van der Waals surface area (Å²) >= 11 is 3.22. The number of aliphatic hydroxyl groups is 1. The SMILES string of the molecule is CC(=CC(N)c1nc(Br)nc2nc[nH]c12)CO. The van der Waals surface area contributed by atoms with Crippen molar-refractivity contribution in [3.8, 4) is 0 Å². The molecule has 2 aromatic heterocycles. The zero-order valence-electron chi connectivity index (χ0n) is 9.18. The fourth-order valence-electron chi connectivity index (χ4n) is 1.51. The van der Waals surface area contributed by atoms with Crippen molar-refractivity contribution in [2.24, 2.45) is 5.73 Å². The summed E-state index contributed by atoms with van der Waals surface area (Å²) in [5.74, 6) is 0. The number of hydrogen-bond donors (Lipinski definition) is 3. The monoisotopic (exact) mass is 297 g/mol. The van der Waals surface area contributed by atoms with Gasteiger partial charge in [0.05, 0.1) is 24.7 Å². The Labute approximate surface area is 106 Å². The molecule has 17 heavy (non-hydrogen) atoms. The van der Waals surface area contributed by atoms with Gasteiger partial charge in [-0.15, -0.1) is 0 Å². The van der Waals surface area contributed by atoms with Gasteiger partial charge in [-0.1, -0.05) is 11.6 Å². The van der Waals surface area contributed by atoms with E-state index in [2.05, 4.69) is 35.9 Å². The molecule has 1 atom stereocenters. The molecule has 6 nitrogen and oxygen atoms in total. The molecule has 1 unspecified atom stereocenters. The Balaban J connectivity index is 2.50. The Kier molecular flexibility index (Phi) is 3.51. The van der Waals surface area contributed by atoms with Gasteiger partial charge >= 0.3 is 0 Å². The van der Waals surface area contributed by atoms with E-state index in [0.717, 1.165) is 5.57 Å². The molecule has 0 saturated carbocycles. The van der Waals surface area contributed by atoms with E-state index in [1.54, 1.807) is 19.3 Å². The van der Waals surface area contributed by atoms with Crippen molar-refractivity contribution in [3.63, 3.8) is 0 Å². The largest absolute Gasteiger partial charge is 0.392 e. The summed E-state index contributed by atoms with van der Waals surface area (Å²) in [5, 5.41) is 8.97. The van der Waals surface area contributed by atoms with Crippen LogP contribution in [0.5, 0.6) is 0 Å². The van der Waals surface area contributed by atoms with Crippen LogP contribution in [0, 0.1) is 0 Å². The molecule has 0 spiro atoms. The second-order valence-corrected chi connectivity index (χ2v) is 4.39. The molecule has 0 bridgehead atoms. The van der Waals surface area contributed by atoms with Crippen LogP contribution in [0.3, 0.4) is 0 Å². The first kappa shape index (κ1) is 12.2. The number of nitrogens with zero attached hydrogens (tertiary/aromatic N) is 3. The molecule has 0 aliphatic rings. The molecule has 0 aliphatic carbocycles. The molecule has 0 radical (unpaired) electrons. The zero-order valence-corrected chi connectivity index (χ0v) is 10.8. The van der Waals surface area contributed by atoms with Crippen molar-refractivity contribution in [1.82, 2.24) is 19.9 Å². The summed E-state index contributed by atoms with van der Waals surface area (Å²) in [6.07, 6.45) is 3.31. The summed E-state index contributed by atoms with van der Waals surface area (Å²) in [6.45, 7) is 1.78. The van der Waals surface area contributed by atoms with Crippen molar-refractivity contribution >= 4 is 27.1 Å². The number of nitrogens with two attached hydrogens (primary N) is 1. The Morgan fingerprint density at radius 2 is 2.41 bits per heavy atom. The van der Waals surface area contributed by atoms with E-state index >= 15 is 0 Å². The third kappa shape index (κ3) is 2.51. The van der Waals surface area contributed by atoms with Gasteiger partial charge in [-0.3, -0.25) is 0 Å². The van der Waals surface area contributed by atoms with Crippen molar-refractivity contribution in [3.05, 3.63) is 28.4 Å². The number of aromatic amines is 1. The fourth-order valence-corrected chi connectivity index (χ4v) is 1.87. The first-order valence-electron chi connectivity index (χ1n) is 5.02. The second-order valence-electron chi connectivity index (χ2n) is 3.68. The van der Waals surface area contributed by atoms with E-state index in [9.17, 15) is 0 Å². The van der Waals surface area contributed by atoms with E-state index in [1.807, 2.05) is 0 Å². The molecular formula is C10H12BrN5O. The summed E-state index contributed by atoms with van der Waals surface area (Å²) < 4.78 is 0.442. The topological polar surface area (TPSA) is 101 Å². The number of rotatable bonds is 3. The first-order chi connectivity index (χ1) is 8.11. The Hall–Kier alpha value is -1.31. The van der Waals surface area contributed by atoms with Crippen LogP contribution >= 0.6 is 15.9 Å². The van der Waals surface area contributed by atoms with Gasteiger partial charge in [0.25, 0.3) is 0 Å². The van der Waals surface area contributed by atoms with Crippen LogP contribution in [0.25, 0.3) is 11.2 Å². The average Bonchev–Trinajstić information content (AvgIpc) is 2.75. The molecule has 7 heteroatoms. The van der Waals surface area contributed by atoms with Crippen molar-refractivity contribution in [2.75, 3.05) is 6.61 Å². The highest BCUT2D eigenvalue weighted by molar-refractivity contribution is 9.10. The predicted octanol–water partition coefficient (Wildman–Crippen LogP) is 1.05. The van der Waals surface area contributed by atoms with Gasteiger partial charge in [-0.25, -0.2) is 15.0 Å². The van der Waals surface area contributed by atoms with Crippen LogP contribution < -0.4 is 5.73 Å². The van der Waals surface area contributed by atoms with Gasteiger partial charge in [-0.2, -0.15) is 0 Å². The predicted molar refractivity (Wildman–Crippen MR) is 67.2 cm³/mol. The van der Waals surface area contributed by atoms with E-state index in [-0.39, 0.29) is 6.61 Å². The molecule has 4 N–H and O–H groups in total. The molecule has 0 saturated heterocycles. The number of H-pyrrole nitrogens is 1. The number of nitrogens with one attached hydrogen (secondary N) is 1. The lowest BCUT2D eigenvalue weighted by molar-refractivity contribution is 0.330. The average molecular weight is 298 g/mol. The van der Waals surface area contributed by atoms with E-state index in [1.165, 1.54) is 0 Å². The summed E-state index contributed by atoms with van der Waals surface area (Å²) in [6, 6.07) is -0.413. The number of aliphatic hydroxyl groups excluding tert-OH is 1. The van der Waals surface area contributed by atoms with Gasteiger partial charge in [0.1, 0.15) is 5.52 Å². The number of fused-ring (bicyclic) bond motifs is 1. The highest BCUT2D eigenvalue weighted by atomic mass is 79.9. The van der Waals surface area contributed by atoms with Crippen LogP contribution in [-0.2, 0) is 0 Å². The van der Waals surface area contributed by atoms with Crippen molar-refractivity contribution in [1.29, 1.82) is 0 Å².